The summed E-state index contributed by atoms with van der Waals surface area (Å²) in [4.78, 5) is 15.6. The number of piperazine rings is 1. The number of carbonyl (C=O) groups is 1. The summed E-state index contributed by atoms with van der Waals surface area (Å²) >= 11 is 6.99. The molecule has 2 N–H and O–H groups in total. The number of fused-ring (bicyclic) bond motifs is 3. The van der Waals surface area contributed by atoms with Crippen molar-refractivity contribution in [2.75, 3.05) is 26.2 Å². The zero-order valence-corrected chi connectivity index (χ0v) is 27.4. The summed E-state index contributed by atoms with van der Waals surface area (Å²) in [5.41, 5.74) is 5.74. The van der Waals surface area contributed by atoms with Crippen molar-refractivity contribution in [3.8, 4) is 16.9 Å². The number of halogens is 2. The van der Waals surface area contributed by atoms with Gasteiger partial charge in [-0.15, -0.1) is 12.4 Å². The van der Waals surface area contributed by atoms with Crippen LogP contribution in [-0.2, 0) is 20.0 Å². The van der Waals surface area contributed by atoms with Gasteiger partial charge in [0, 0.05) is 72.9 Å². The smallest absolute Gasteiger partial charge is 0.352 e. The molecular formula is C35H39Cl2N5O3. The number of rotatable bonds is 10. The summed E-state index contributed by atoms with van der Waals surface area (Å²) < 4.78 is 10.1. The molecule has 5 aromatic rings. The van der Waals surface area contributed by atoms with Gasteiger partial charge in [-0.25, -0.2) is 4.79 Å². The average molecular weight is 649 g/mol. The van der Waals surface area contributed by atoms with Crippen LogP contribution in [0, 0.1) is 13.8 Å². The monoisotopic (exact) mass is 647 g/mol. The molecule has 1 saturated heterocycles. The molecule has 10 heteroatoms. The zero-order chi connectivity index (χ0) is 30.5. The first-order valence-corrected chi connectivity index (χ1v) is 15.9. The van der Waals surface area contributed by atoms with Crippen LogP contribution in [-0.4, -0.2) is 68.6 Å². The Kier molecular flexibility index (Phi) is 8.85. The molecule has 1 aliphatic carbocycles. The molecule has 7 rings (SSSR count). The molecule has 2 aliphatic rings. The Balaban J connectivity index is 0.00000357. The molecule has 236 valence electrons. The molecule has 45 heavy (non-hydrogen) atoms. The van der Waals surface area contributed by atoms with Crippen LogP contribution < -0.4 is 10.1 Å². The van der Waals surface area contributed by atoms with Crippen LogP contribution in [0.25, 0.3) is 32.8 Å². The van der Waals surface area contributed by atoms with Crippen LogP contribution in [0.1, 0.15) is 40.3 Å². The van der Waals surface area contributed by atoms with Crippen LogP contribution in [0.3, 0.4) is 0 Å². The number of aromatic nitrogens is 3. The van der Waals surface area contributed by atoms with Crippen molar-refractivity contribution in [1.82, 2.24) is 24.6 Å². The predicted octanol–water partition coefficient (Wildman–Crippen LogP) is 6.64. The third kappa shape index (κ3) is 5.69. The molecule has 0 spiro atoms. The summed E-state index contributed by atoms with van der Waals surface area (Å²) in [6.07, 6.45) is 2.40. The number of hydrogen-bond acceptors (Lipinski definition) is 5. The lowest BCUT2D eigenvalue weighted by Gasteiger charge is -2.27. The Morgan fingerprint density at radius 1 is 1.07 bits per heavy atom. The highest BCUT2D eigenvalue weighted by Gasteiger charge is 2.43. The van der Waals surface area contributed by atoms with E-state index in [1.807, 2.05) is 66.5 Å². The number of aromatic carboxylic acids is 1. The van der Waals surface area contributed by atoms with E-state index in [-0.39, 0.29) is 12.4 Å². The van der Waals surface area contributed by atoms with Gasteiger partial charge in [0.1, 0.15) is 11.4 Å². The van der Waals surface area contributed by atoms with E-state index in [9.17, 15) is 9.90 Å². The van der Waals surface area contributed by atoms with Gasteiger partial charge in [0.25, 0.3) is 0 Å². The van der Waals surface area contributed by atoms with E-state index in [0.29, 0.717) is 48.8 Å². The third-order valence-corrected chi connectivity index (χ3v) is 9.77. The summed E-state index contributed by atoms with van der Waals surface area (Å²) in [5.74, 6) is -0.0764. The summed E-state index contributed by atoms with van der Waals surface area (Å²) in [5, 5.41) is 22.7. The van der Waals surface area contributed by atoms with E-state index < -0.39 is 5.97 Å². The van der Waals surface area contributed by atoms with Gasteiger partial charge in [-0.3, -0.25) is 9.58 Å². The lowest BCUT2D eigenvalue weighted by atomic mass is 9.98. The van der Waals surface area contributed by atoms with Gasteiger partial charge in [-0.2, -0.15) is 5.10 Å². The first-order valence-electron chi connectivity index (χ1n) is 15.5. The van der Waals surface area contributed by atoms with E-state index in [0.717, 1.165) is 81.6 Å². The number of ether oxygens (including phenoxy) is 1. The fourth-order valence-electron chi connectivity index (χ4n) is 7.21. The Morgan fingerprint density at radius 3 is 2.64 bits per heavy atom. The molecule has 2 atom stereocenters. The van der Waals surface area contributed by atoms with Gasteiger partial charge in [0.05, 0.1) is 22.8 Å². The SMILES string of the molecule is Cc1nn(C)c(C)c1-c1c(Cl)ccc2c(CCCOc3cccc4ccccc34)c(C(=O)O)n(CCN3CCNC4CC43)c12.Cl. The molecule has 2 fully saturated rings. The molecule has 2 aromatic heterocycles. The zero-order valence-electron chi connectivity index (χ0n) is 25.8. The van der Waals surface area contributed by atoms with Crippen molar-refractivity contribution in [2.45, 2.75) is 51.7 Å². The topological polar surface area (TPSA) is 84.5 Å². The second-order valence-corrected chi connectivity index (χ2v) is 12.5. The Labute approximate surface area is 274 Å². The largest absolute Gasteiger partial charge is 0.493 e. The number of aryl methyl sites for hydroxylation is 3. The maximum atomic E-state index is 13.1. The number of nitrogens with one attached hydrogen (secondary N) is 1. The maximum Gasteiger partial charge on any atom is 0.352 e. The van der Waals surface area contributed by atoms with E-state index in [1.54, 1.807) is 0 Å². The molecule has 1 aliphatic heterocycles. The maximum absolute atomic E-state index is 13.1. The molecule has 0 amide bonds. The predicted molar refractivity (Wildman–Crippen MR) is 182 cm³/mol. The first kappa shape index (κ1) is 31.4. The van der Waals surface area contributed by atoms with Crippen LogP contribution >= 0.6 is 24.0 Å². The van der Waals surface area contributed by atoms with Gasteiger partial charge in [-0.05, 0) is 56.2 Å². The Morgan fingerprint density at radius 2 is 1.87 bits per heavy atom. The number of nitrogens with zero attached hydrogens (tertiary/aromatic N) is 4. The lowest BCUT2D eigenvalue weighted by molar-refractivity contribution is 0.0683. The van der Waals surface area contributed by atoms with Gasteiger partial charge in [-0.1, -0.05) is 54.1 Å². The van der Waals surface area contributed by atoms with Crippen molar-refractivity contribution in [3.05, 3.63) is 82.3 Å². The van der Waals surface area contributed by atoms with E-state index in [4.69, 9.17) is 16.3 Å². The van der Waals surface area contributed by atoms with Crippen molar-refractivity contribution in [1.29, 1.82) is 0 Å². The van der Waals surface area contributed by atoms with E-state index in [2.05, 4.69) is 33.5 Å². The molecule has 3 aromatic carbocycles. The Bertz CT molecular complexity index is 1890. The van der Waals surface area contributed by atoms with Gasteiger partial charge in [0.15, 0.2) is 0 Å². The van der Waals surface area contributed by atoms with E-state index in [1.165, 1.54) is 0 Å². The second kappa shape index (κ2) is 12.7. The quantitative estimate of drug-likeness (QED) is 0.165. The van der Waals surface area contributed by atoms with Gasteiger partial charge < -0.3 is 19.7 Å². The van der Waals surface area contributed by atoms with Crippen molar-refractivity contribution in [2.24, 2.45) is 7.05 Å². The van der Waals surface area contributed by atoms with Crippen LogP contribution in [0.15, 0.2) is 54.6 Å². The molecule has 3 heterocycles. The van der Waals surface area contributed by atoms with Crippen molar-refractivity contribution < 1.29 is 14.6 Å². The first-order chi connectivity index (χ1) is 21.3. The average Bonchev–Trinajstić information content (AvgIpc) is 3.69. The highest BCUT2D eigenvalue weighted by molar-refractivity contribution is 6.35. The minimum absolute atomic E-state index is 0. The normalized spacial score (nSPS) is 17.8. The van der Waals surface area contributed by atoms with E-state index >= 15 is 0 Å². The fourth-order valence-corrected chi connectivity index (χ4v) is 7.46. The molecule has 0 radical (unpaired) electrons. The van der Waals surface area contributed by atoms with Gasteiger partial charge >= 0.3 is 5.97 Å². The number of hydrogen-bond donors (Lipinski definition) is 2. The minimum Gasteiger partial charge on any atom is -0.493 e. The third-order valence-electron chi connectivity index (χ3n) is 9.46. The second-order valence-electron chi connectivity index (χ2n) is 12.1. The minimum atomic E-state index is -0.919. The standard InChI is InChI=1S/C35H38ClN5O3.ClH/c1-21-31(22(2)39(3)38-21)32-27(36)14-13-26-25(11-7-19-44-30-12-6-9-23-8-4-5-10-24(23)30)34(35(42)43)41(33(26)32)18-17-40-16-15-37-28-20-29(28)40;/h4-6,8-10,12-14,28-29,37H,7,11,15-20H2,1-3H3,(H,42,43);1H. The molecule has 1 saturated carbocycles. The number of carboxylic acid groups (broad SMARTS) is 1. The molecule has 2 unspecified atom stereocenters. The summed E-state index contributed by atoms with van der Waals surface area (Å²) in [6.45, 7) is 7.79. The van der Waals surface area contributed by atoms with Gasteiger partial charge in [0.2, 0.25) is 0 Å². The fraction of sp³-hybridized carbons (Fsp3) is 0.371. The number of carboxylic acids is 1. The van der Waals surface area contributed by atoms with Crippen molar-refractivity contribution >= 4 is 51.7 Å². The molecule has 8 nitrogen and oxygen atoms in total. The summed E-state index contributed by atoms with van der Waals surface area (Å²) in [7, 11) is 1.93. The highest BCUT2D eigenvalue weighted by atomic mass is 35.5. The molecule has 0 bridgehead atoms. The highest BCUT2D eigenvalue weighted by Crippen LogP contribution is 2.42. The van der Waals surface area contributed by atoms with Crippen LogP contribution in [0.5, 0.6) is 5.75 Å². The van der Waals surface area contributed by atoms with Crippen LogP contribution in [0.4, 0.5) is 0 Å². The summed E-state index contributed by atoms with van der Waals surface area (Å²) in [6, 6.07) is 19.3. The molecular weight excluding hydrogens is 609 g/mol. The lowest BCUT2D eigenvalue weighted by Crippen LogP contribution is -2.44. The van der Waals surface area contributed by atoms with Crippen LogP contribution in [0.2, 0.25) is 5.02 Å². The number of benzene rings is 3. The Hall–Kier alpha value is -3.56. The van der Waals surface area contributed by atoms with Crippen molar-refractivity contribution in [3.63, 3.8) is 0 Å².